The van der Waals surface area contributed by atoms with Gasteiger partial charge < -0.3 is 5.32 Å². The first kappa shape index (κ1) is 10.8. The Kier molecular flexibility index (Phi) is 2.21. The van der Waals surface area contributed by atoms with E-state index in [1.54, 1.807) is 5.56 Å². The molecule has 0 spiro atoms. The van der Waals surface area contributed by atoms with Gasteiger partial charge in [0.2, 0.25) is 0 Å². The molecule has 2 aromatic rings. The van der Waals surface area contributed by atoms with Crippen LogP contribution in [0.5, 0.6) is 0 Å². The highest BCUT2D eigenvalue weighted by molar-refractivity contribution is 7.15. The molecule has 4 rings (SSSR count). The maximum absolute atomic E-state index is 3.53. The molecular formula is C16H17NS. The topological polar surface area (TPSA) is 12.0 Å². The predicted octanol–water partition coefficient (Wildman–Crippen LogP) is 3.58. The molecule has 2 heterocycles. The van der Waals surface area contributed by atoms with Gasteiger partial charge in [-0.2, -0.15) is 0 Å². The second kappa shape index (κ2) is 3.69. The fraction of sp³-hybridized carbons (Fsp3) is 0.375. The first-order valence-corrected chi connectivity index (χ1v) is 7.48. The second-order valence-electron chi connectivity index (χ2n) is 5.68. The van der Waals surface area contributed by atoms with Crippen molar-refractivity contribution < 1.29 is 0 Å². The molecular weight excluding hydrogens is 238 g/mol. The number of nitrogens with one attached hydrogen (secondary N) is 1. The van der Waals surface area contributed by atoms with Gasteiger partial charge in [0.1, 0.15) is 0 Å². The Morgan fingerprint density at radius 3 is 2.89 bits per heavy atom. The molecule has 0 amide bonds. The molecule has 2 fully saturated rings. The molecule has 2 atom stereocenters. The van der Waals surface area contributed by atoms with Crippen LogP contribution in [0.4, 0.5) is 0 Å². The minimum absolute atomic E-state index is 0.475. The molecule has 1 N–H and O–H groups in total. The summed E-state index contributed by atoms with van der Waals surface area (Å²) in [7, 11) is 0. The Balaban J connectivity index is 1.74. The molecule has 1 nitrogen and oxygen atoms in total. The molecule has 1 aromatic heterocycles. The minimum atomic E-state index is 0.475. The summed E-state index contributed by atoms with van der Waals surface area (Å²) in [5, 5.41) is 3.53. The third kappa shape index (κ3) is 1.49. The zero-order chi connectivity index (χ0) is 12.2. The Labute approximate surface area is 112 Å². The van der Waals surface area contributed by atoms with Crippen LogP contribution in [0.2, 0.25) is 0 Å². The molecule has 2 aliphatic rings. The van der Waals surface area contributed by atoms with Gasteiger partial charge in [-0.15, -0.1) is 11.3 Å². The van der Waals surface area contributed by atoms with Gasteiger partial charge in [-0.05, 0) is 55.1 Å². The summed E-state index contributed by atoms with van der Waals surface area (Å²) >= 11 is 1.89. The van der Waals surface area contributed by atoms with Gasteiger partial charge in [0, 0.05) is 21.7 Å². The largest absolute Gasteiger partial charge is 0.316 e. The van der Waals surface area contributed by atoms with Crippen molar-refractivity contribution in [2.24, 2.45) is 5.92 Å². The van der Waals surface area contributed by atoms with E-state index in [0.29, 0.717) is 5.41 Å². The van der Waals surface area contributed by atoms with Gasteiger partial charge >= 0.3 is 0 Å². The molecule has 18 heavy (non-hydrogen) atoms. The van der Waals surface area contributed by atoms with Crippen LogP contribution in [0, 0.1) is 12.8 Å². The van der Waals surface area contributed by atoms with Gasteiger partial charge in [0.15, 0.2) is 0 Å². The van der Waals surface area contributed by atoms with Gasteiger partial charge in [-0.25, -0.2) is 0 Å². The van der Waals surface area contributed by atoms with Crippen molar-refractivity contribution in [3.8, 4) is 10.4 Å². The SMILES string of the molecule is Cc1ccc(-c2cccc([C@]34CNCC3C4)c2)s1. The number of thiophene rings is 1. The van der Waals surface area contributed by atoms with Crippen molar-refractivity contribution in [3.63, 3.8) is 0 Å². The van der Waals surface area contributed by atoms with Crippen molar-refractivity contribution in [2.75, 3.05) is 13.1 Å². The van der Waals surface area contributed by atoms with Crippen molar-refractivity contribution in [2.45, 2.75) is 18.8 Å². The van der Waals surface area contributed by atoms with Crippen LogP contribution in [0.25, 0.3) is 10.4 Å². The number of rotatable bonds is 2. The molecule has 1 saturated heterocycles. The normalized spacial score (nSPS) is 29.3. The van der Waals surface area contributed by atoms with E-state index in [2.05, 4.69) is 48.6 Å². The zero-order valence-corrected chi connectivity index (χ0v) is 11.4. The number of hydrogen-bond donors (Lipinski definition) is 1. The Hall–Kier alpha value is -1.12. The average molecular weight is 255 g/mol. The fourth-order valence-corrected chi connectivity index (χ4v) is 4.23. The molecule has 1 aliphatic carbocycles. The van der Waals surface area contributed by atoms with Crippen LogP contribution in [-0.4, -0.2) is 13.1 Å². The molecule has 1 unspecified atom stereocenters. The van der Waals surface area contributed by atoms with E-state index in [9.17, 15) is 0 Å². The number of benzene rings is 1. The lowest BCUT2D eigenvalue weighted by Crippen LogP contribution is -2.19. The summed E-state index contributed by atoms with van der Waals surface area (Å²) < 4.78 is 0. The number of aryl methyl sites for hydroxylation is 1. The summed E-state index contributed by atoms with van der Waals surface area (Å²) in [6, 6.07) is 13.7. The van der Waals surface area contributed by atoms with Gasteiger partial charge in [0.25, 0.3) is 0 Å². The van der Waals surface area contributed by atoms with E-state index >= 15 is 0 Å². The summed E-state index contributed by atoms with van der Waals surface area (Å²) in [5.74, 6) is 0.887. The molecule has 0 bridgehead atoms. The summed E-state index contributed by atoms with van der Waals surface area (Å²) in [5.41, 5.74) is 3.40. The number of fused-ring (bicyclic) bond motifs is 1. The minimum Gasteiger partial charge on any atom is -0.316 e. The highest BCUT2D eigenvalue weighted by atomic mass is 32.1. The van der Waals surface area contributed by atoms with E-state index in [1.807, 2.05) is 11.3 Å². The zero-order valence-electron chi connectivity index (χ0n) is 10.6. The predicted molar refractivity (Wildman–Crippen MR) is 77.1 cm³/mol. The third-order valence-electron chi connectivity index (χ3n) is 4.53. The molecule has 1 saturated carbocycles. The van der Waals surface area contributed by atoms with Gasteiger partial charge in [-0.1, -0.05) is 18.2 Å². The summed E-state index contributed by atoms with van der Waals surface area (Å²) in [4.78, 5) is 2.79. The summed E-state index contributed by atoms with van der Waals surface area (Å²) in [6.45, 7) is 4.56. The van der Waals surface area contributed by atoms with Crippen LogP contribution < -0.4 is 5.32 Å². The standard InChI is InChI=1S/C16H17NS/c1-11-5-6-15(18-11)12-3-2-4-13(7-12)16-8-14(16)9-17-10-16/h2-7,14,17H,8-10H2,1H3/t14?,16-/m0/s1. The van der Waals surface area contributed by atoms with Crippen molar-refractivity contribution in [3.05, 3.63) is 46.8 Å². The van der Waals surface area contributed by atoms with Crippen LogP contribution >= 0.6 is 11.3 Å². The average Bonchev–Trinajstić information content (AvgIpc) is 2.75. The number of piperidine rings is 1. The van der Waals surface area contributed by atoms with E-state index in [1.165, 1.54) is 34.8 Å². The monoisotopic (exact) mass is 255 g/mol. The smallest absolute Gasteiger partial charge is 0.0345 e. The van der Waals surface area contributed by atoms with Crippen LogP contribution in [0.15, 0.2) is 36.4 Å². The first-order chi connectivity index (χ1) is 8.78. The molecule has 1 aliphatic heterocycles. The van der Waals surface area contributed by atoms with Crippen molar-refractivity contribution in [1.29, 1.82) is 0 Å². The maximum atomic E-state index is 3.53. The second-order valence-corrected chi connectivity index (χ2v) is 6.97. The Morgan fingerprint density at radius 1 is 1.28 bits per heavy atom. The van der Waals surface area contributed by atoms with E-state index in [4.69, 9.17) is 0 Å². The van der Waals surface area contributed by atoms with Crippen molar-refractivity contribution >= 4 is 11.3 Å². The Bertz CT molecular complexity index is 601. The molecule has 92 valence electrons. The van der Waals surface area contributed by atoms with Crippen LogP contribution in [0.1, 0.15) is 16.9 Å². The molecule has 2 heteroatoms. The lowest BCUT2D eigenvalue weighted by Gasteiger charge is -2.13. The highest BCUT2D eigenvalue weighted by Gasteiger charge is 2.57. The number of hydrogen-bond acceptors (Lipinski definition) is 2. The third-order valence-corrected chi connectivity index (χ3v) is 5.58. The lowest BCUT2D eigenvalue weighted by atomic mass is 9.93. The van der Waals surface area contributed by atoms with Gasteiger partial charge in [-0.3, -0.25) is 0 Å². The first-order valence-electron chi connectivity index (χ1n) is 6.66. The maximum Gasteiger partial charge on any atom is 0.0345 e. The quantitative estimate of drug-likeness (QED) is 0.865. The molecule has 1 aromatic carbocycles. The van der Waals surface area contributed by atoms with Crippen LogP contribution in [-0.2, 0) is 5.41 Å². The fourth-order valence-electron chi connectivity index (χ4n) is 3.36. The van der Waals surface area contributed by atoms with Gasteiger partial charge in [0.05, 0.1) is 0 Å². The molecule has 0 radical (unpaired) electrons. The highest BCUT2D eigenvalue weighted by Crippen LogP contribution is 2.56. The van der Waals surface area contributed by atoms with E-state index in [-0.39, 0.29) is 0 Å². The van der Waals surface area contributed by atoms with Crippen LogP contribution in [0.3, 0.4) is 0 Å². The van der Waals surface area contributed by atoms with Crippen molar-refractivity contribution in [1.82, 2.24) is 5.32 Å². The van der Waals surface area contributed by atoms with E-state index < -0.39 is 0 Å². The summed E-state index contributed by atoms with van der Waals surface area (Å²) in [6.07, 6.45) is 1.38. The van der Waals surface area contributed by atoms with E-state index in [0.717, 1.165) is 5.92 Å². The lowest BCUT2D eigenvalue weighted by molar-refractivity contribution is 0.676. The Morgan fingerprint density at radius 2 is 2.22 bits per heavy atom.